The van der Waals surface area contributed by atoms with E-state index in [9.17, 15) is 9.90 Å². The van der Waals surface area contributed by atoms with Crippen LogP contribution >= 0.6 is 0 Å². The van der Waals surface area contributed by atoms with Gasteiger partial charge < -0.3 is 9.52 Å². The Morgan fingerprint density at radius 2 is 2.00 bits per heavy atom. The van der Waals surface area contributed by atoms with Gasteiger partial charge in [-0.3, -0.25) is 4.57 Å². The van der Waals surface area contributed by atoms with Crippen molar-refractivity contribution < 1.29 is 9.52 Å². The van der Waals surface area contributed by atoms with Gasteiger partial charge in [0, 0.05) is 0 Å². The van der Waals surface area contributed by atoms with Crippen LogP contribution in [0.15, 0.2) is 33.5 Å². The third-order valence-electron chi connectivity index (χ3n) is 2.62. The molecule has 80 valence electrons. The van der Waals surface area contributed by atoms with Gasteiger partial charge in [-0.05, 0) is 26.0 Å². The molecule has 0 saturated carbocycles. The number of aromatic nitrogens is 1. The van der Waals surface area contributed by atoms with Crippen molar-refractivity contribution in [3.05, 3.63) is 34.8 Å². The maximum Gasteiger partial charge on any atom is 0.420 e. The molecule has 0 saturated heterocycles. The lowest BCUT2D eigenvalue weighted by Gasteiger charge is -2.15. The second kappa shape index (κ2) is 3.55. The smallest absolute Gasteiger partial charge is 0.408 e. The molecule has 4 heteroatoms. The van der Waals surface area contributed by atoms with Crippen molar-refractivity contribution in [2.75, 3.05) is 0 Å². The maximum atomic E-state index is 11.6. The number of para-hydroxylation sites is 2. The van der Waals surface area contributed by atoms with Crippen molar-refractivity contribution in [1.82, 2.24) is 4.57 Å². The molecule has 0 aliphatic carbocycles. The number of rotatable bonds is 2. The molecule has 0 spiro atoms. The van der Waals surface area contributed by atoms with Crippen molar-refractivity contribution >= 4 is 11.1 Å². The molecule has 0 aliphatic heterocycles. The van der Waals surface area contributed by atoms with Crippen LogP contribution in [0.4, 0.5) is 0 Å². The van der Waals surface area contributed by atoms with Crippen molar-refractivity contribution in [2.45, 2.75) is 26.0 Å². The third-order valence-corrected chi connectivity index (χ3v) is 2.62. The van der Waals surface area contributed by atoms with E-state index < -0.39 is 11.9 Å². The minimum atomic E-state index is -0.594. The third kappa shape index (κ3) is 1.57. The van der Waals surface area contributed by atoms with Gasteiger partial charge in [0.15, 0.2) is 5.58 Å². The summed E-state index contributed by atoms with van der Waals surface area (Å²) in [7, 11) is 0. The van der Waals surface area contributed by atoms with E-state index in [0.29, 0.717) is 5.58 Å². The van der Waals surface area contributed by atoms with Crippen molar-refractivity contribution in [2.24, 2.45) is 0 Å². The second-order valence-corrected chi connectivity index (χ2v) is 3.69. The monoisotopic (exact) mass is 207 g/mol. The van der Waals surface area contributed by atoms with Crippen LogP contribution in [0.5, 0.6) is 0 Å². The van der Waals surface area contributed by atoms with Gasteiger partial charge in [-0.15, -0.1) is 0 Å². The van der Waals surface area contributed by atoms with E-state index in [4.69, 9.17) is 4.42 Å². The van der Waals surface area contributed by atoms with Crippen LogP contribution in [0.3, 0.4) is 0 Å². The van der Waals surface area contributed by atoms with Crippen LogP contribution in [0.2, 0.25) is 0 Å². The summed E-state index contributed by atoms with van der Waals surface area (Å²) in [5.74, 6) is -0.426. The molecule has 1 aromatic heterocycles. The lowest BCUT2D eigenvalue weighted by atomic mass is 10.2. The van der Waals surface area contributed by atoms with Crippen LogP contribution in [0.1, 0.15) is 19.9 Å². The molecule has 2 unspecified atom stereocenters. The molecule has 0 fully saturated rings. The summed E-state index contributed by atoms with van der Waals surface area (Å²) in [6.45, 7) is 3.44. The lowest BCUT2D eigenvalue weighted by molar-refractivity contribution is 0.137. The van der Waals surface area contributed by atoms with Crippen LogP contribution in [0, 0.1) is 0 Å². The fourth-order valence-corrected chi connectivity index (χ4v) is 1.59. The molecule has 15 heavy (non-hydrogen) atoms. The number of benzene rings is 1. The molecule has 2 aromatic rings. The van der Waals surface area contributed by atoms with Gasteiger partial charge >= 0.3 is 5.76 Å². The van der Waals surface area contributed by atoms with Gasteiger partial charge in [-0.1, -0.05) is 12.1 Å². The normalized spacial score (nSPS) is 15.4. The highest BCUT2D eigenvalue weighted by Crippen LogP contribution is 2.18. The van der Waals surface area contributed by atoms with E-state index in [1.165, 1.54) is 4.57 Å². The Bertz CT molecular complexity index is 524. The summed E-state index contributed by atoms with van der Waals surface area (Å²) < 4.78 is 6.54. The first-order chi connectivity index (χ1) is 7.11. The molecule has 4 nitrogen and oxygen atoms in total. The number of fused-ring (bicyclic) bond motifs is 1. The number of hydrogen-bond acceptors (Lipinski definition) is 3. The quantitative estimate of drug-likeness (QED) is 0.812. The van der Waals surface area contributed by atoms with Gasteiger partial charge in [0.05, 0.1) is 17.7 Å². The molecule has 1 heterocycles. The zero-order valence-corrected chi connectivity index (χ0v) is 8.68. The minimum absolute atomic E-state index is 0.291. The fourth-order valence-electron chi connectivity index (χ4n) is 1.59. The standard InChI is InChI=1S/C11H13NO3/c1-7(8(2)13)12-9-5-3-4-6-10(9)15-11(12)14/h3-8,13H,1-2H3. The van der Waals surface area contributed by atoms with Gasteiger partial charge in [0.2, 0.25) is 0 Å². The number of nitrogens with zero attached hydrogens (tertiary/aromatic N) is 1. The summed E-state index contributed by atoms with van der Waals surface area (Å²) in [6.07, 6.45) is -0.594. The summed E-state index contributed by atoms with van der Waals surface area (Å²) >= 11 is 0. The van der Waals surface area contributed by atoms with Crippen LogP contribution in [-0.2, 0) is 0 Å². The summed E-state index contributed by atoms with van der Waals surface area (Å²) in [5, 5.41) is 9.48. The first-order valence-electron chi connectivity index (χ1n) is 4.89. The highest BCUT2D eigenvalue weighted by atomic mass is 16.4. The Balaban J connectivity index is 2.69. The van der Waals surface area contributed by atoms with E-state index >= 15 is 0 Å². The average molecular weight is 207 g/mol. The average Bonchev–Trinajstić information content (AvgIpc) is 2.52. The van der Waals surface area contributed by atoms with Crippen LogP contribution in [0.25, 0.3) is 11.1 Å². The Morgan fingerprint density at radius 1 is 1.33 bits per heavy atom. The molecule has 2 rings (SSSR count). The number of aliphatic hydroxyl groups excluding tert-OH is 1. The Hall–Kier alpha value is -1.55. The summed E-state index contributed by atoms with van der Waals surface area (Å²) in [6, 6.07) is 6.90. The first kappa shape index (κ1) is 9.98. The van der Waals surface area contributed by atoms with Gasteiger partial charge in [0.25, 0.3) is 0 Å². The Morgan fingerprint density at radius 3 is 2.67 bits per heavy atom. The van der Waals surface area contributed by atoms with E-state index in [0.717, 1.165) is 5.52 Å². The maximum absolute atomic E-state index is 11.6. The van der Waals surface area contributed by atoms with Crippen molar-refractivity contribution in [3.8, 4) is 0 Å². The largest absolute Gasteiger partial charge is 0.420 e. The predicted molar refractivity (Wildman–Crippen MR) is 56.9 cm³/mol. The highest BCUT2D eigenvalue weighted by Gasteiger charge is 2.17. The van der Waals surface area contributed by atoms with Crippen LogP contribution < -0.4 is 5.76 Å². The molecule has 1 N–H and O–H groups in total. The van der Waals surface area contributed by atoms with Crippen molar-refractivity contribution in [3.63, 3.8) is 0 Å². The minimum Gasteiger partial charge on any atom is -0.408 e. The fraction of sp³-hybridized carbons (Fsp3) is 0.364. The van der Waals surface area contributed by atoms with Crippen LogP contribution in [-0.4, -0.2) is 15.8 Å². The molecule has 2 atom stereocenters. The Kier molecular flexibility index (Phi) is 2.36. The SMILES string of the molecule is CC(O)C(C)n1c(=O)oc2ccccc21. The van der Waals surface area contributed by atoms with Gasteiger partial charge in [-0.25, -0.2) is 4.79 Å². The number of oxazole rings is 1. The molecule has 0 aliphatic rings. The first-order valence-corrected chi connectivity index (χ1v) is 4.89. The second-order valence-electron chi connectivity index (χ2n) is 3.69. The summed E-state index contributed by atoms with van der Waals surface area (Å²) in [4.78, 5) is 11.6. The van der Waals surface area contributed by atoms with Crippen molar-refractivity contribution in [1.29, 1.82) is 0 Å². The number of hydrogen-bond donors (Lipinski definition) is 1. The topological polar surface area (TPSA) is 55.4 Å². The molecule has 0 radical (unpaired) electrons. The van der Waals surface area contributed by atoms with E-state index in [1.54, 1.807) is 26.0 Å². The Labute approximate surface area is 86.8 Å². The van der Waals surface area contributed by atoms with E-state index in [-0.39, 0.29) is 6.04 Å². The molecular formula is C11H13NO3. The van der Waals surface area contributed by atoms with Gasteiger partial charge in [0.1, 0.15) is 0 Å². The lowest BCUT2D eigenvalue weighted by Crippen LogP contribution is -2.26. The zero-order valence-electron chi connectivity index (χ0n) is 8.68. The molecule has 1 aromatic carbocycles. The summed E-state index contributed by atoms with van der Waals surface area (Å²) in [5.41, 5.74) is 1.27. The number of aliphatic hydroxyl groups is 1. The van der Waals surface area contributed by atoms with E-state index in [2.05, 4.69) is 0 Å². The molecule has 0 bridgehead atoms. The molecular weight excluding hydrogens is 194 g/mol. The van der Waals surface area contributed by atoms with Gasteiger partial charge in [-0.2, -0.15) is 0 Å². The van der Waals surface area contributed by atoms with E-state index in [1.807, 2.05) is 12.1 Å². The zero-order chi connectivity index (χ0) is 11.0. The molecule has 0 amide bonds. The predicted octanol–water partition coefficient (Wildman–Crippen LogP) is 1.54. The highest BCUT2D eigenvalue weighted by molar-refractivity contribution is 5.72.